The number of nitrogens with zero attached hydrogens (tertiary/aromatic N) is 1. The Morgan fingerprint density at radius 1 is 1.38 bits per heavy atom. The molecule has 1 rings (SSSR count). The number of nitrogens with one attached hydrogen (secondary N) is 2. The second-order valence-electron chi connectivity index (χ2n) is 4.80. The van der Waals surface area contributed by atoms with Gasteiger partial charge in [-0.2, -0.15) is 0 Å². The van der Waals surface area contributed by atoms with Gasteiger partial charge >= 0.3 is 0 Å². The van der Waals surface area contributed by atoms with E-state index in [0.717, 1.165) is 18.1 Å². The summed E-state index contributed by atoms with van der Waals surface area (Å²) in [5.74, 6) is 1.61. The van der Waals surface area contributed by atoms with E-state index in [1.165, 1.54) is 0 Å². The molecule has 1 aromatic rings. The molecule has 0 amide bonds. The maximum absolute atomic E-state index is 11.4. The zero-order valence-electron chi connectivity index (χ0n) is 10.5. The molecular formula is C12H21N3O. The molecule has 0 saturated heterocycles. The summed E-state index contributed by atoms with van der Waals surface area (Å²) >= 11 is 0. The van der Waals surface area contributed by atoms with Gasteiger partial charge in [0.15, 0.2) is 0 Å². The number of hydrogen-bond acceptors (Lipinski definition) is 3. The average molecular weight is 223 g/mol. The molecule has 90 valence electrons. The highest BCUT2D eigenvalue weighted by Crippen LogP contribution is 2.06. The van der Waals surface area contributed by atoms with E-state index < -0.39 is 0 Å². The first-order valence-electron chi connectivity index (χ1n) is 5.80. The molecule has 0 fully saturated rings. The number of hydrogen-bond donors (Lipinski definition) is 2. The summed E-state index contributed by atoms with van der Waals surface area (Å²) in [6.45, 7) is 9.93. The lowest BCUT2D eigenvalue weighted by atomic mass is 10.2. The minimum Gasteiger partial charge on any atom is -0.311 e. The summed E-state index contributed by atoms with van der Waals surface area (Å²) in [5, 5.41) is 3.28. The monoisotopic (exact) mass is 223 g/mol. The largest absolute Gasteiger partial charge is 0.311 e. The van der Waals surface area contributed by atoms with E-state index in [1.807, 2.05) is 13.8 Å². The van der Waals surface area contributed by atoms with Crippen LogP contribution in [-0.2, 0) is 6.54 Å². The summed E-state index contributed by atoms with van der Waals surface area (Å²) in [5.41, 5.74) is 0.744. The zero-order chi connectivity index (χ0) is 12.1. The van der Waals surface area contributed by atoms with Crippen LogP contribution in [-0.4, -0.2) is 16.5 Å². The lowest BCUT2D eigenvalue weighted by Crippen LogP contribution is -2.22. The fraction of sp³-hybridized carbons (Fsp3) is 0.667. The van der Waals surface area contributed by atoms with Gasteiger partial charge in [-0.05, 0) is 12.5 Å². The van der Waals surface area contributed by atoms with Gasteiger partial charge in [0.25, 0.3) is 5.56 Å². The van der Waals surface area contributed by atoms with E-state index in [2.05, 4.69) is 29.1 Å². The summed E-state index contributed by atoms with van der Waals surface area (Å²) in [6, 6.07) is 1.55. The lowest BCUT2D eigenvalue weighted by molar-refractivity contribution is 0.545. The van der Waals surface area contributed by atoms with E-state index in [0.29, 0.717) is 12.5 Å². The first kappa shape index (κ1) is 12.9. The fourth-order valence-corrected chi connectivity index (χ4v) is 1.38. The van der Waals surface area contributed by atoms with E-state index in [1.54, 1.807) is 6.07 Å². The Morgan fingerprint density at radius 2 is 2.06 bits per heavy atom. The van der Waals surface area contributed by atoms with Crippen molar-refractivity contribution in [2.75, 3.05) is 6.54 Å². The molecule has 0 radical (unpaired) electrons. The molecule has 0 aliphatic rings. The fourth-order valence-electron chi connectivity index (χ4n) is 1.38. The smallest absolute Gasteiger partial charge is 0.251 e. The van der Waals surface area contributed by atoms with Crippen molar-refractivity contribution < 1.29 is 0 Å². The third-order valence-electron chi connectivity index (χ3n) is 2.22. The van der Waals surface area contributed by atoms with Gasteiger partial charge in [-0.3, -0.25) is 4.79 Å². The molecule has 0 saturated carbocycles. The molecule has 0 bridgehead atoms. The van der Waals surface area contributed by atoms with Gasteiger partial charge < -0.3 is 10.3 Å². The quantitative estimate of drug-likeness (QED) is 0.797. The topological polar surface area (TPSA) is 57.8 Å². The molecular weight excluding hydrogens is 202 g/mol. The van der Waals surface area contributed by atoms with E-state index >= 15 is 0 Å². The normalized spacial score (nSPS) is 11.4. The van der Waals surface area contributed by atoms with Gasteiger partial charge in [-0.25, -0.2) is 4.98 Å². The van der Waals surface area contributed by atoms with Crippen LogP contribution in [0.4, 0.5) is 0 Å². The van der Waals surface area contributed by atoms with Crippen molar-refractivity contribution in [3.63, 3.8) is 0 Å². The van der Waals surface area contributed by atoms with Gasteiger partial charge in [0.1, 0.15) is 5.82 Å². The van der Waals surface area contributed by atoms with E-state index in [4.69, 9.17) is 0 Å². The first-order chi connectivity index (χ1) is 7.49. The highest BCUT2D eigenvalue weighted by Gasteiger charge is 2.05. The maximum atomic E-state index is 11.4. The van der Waals surface area contributed by atoms with Crippen LogP contribution in [0.5, 0.6) is 0 Å². The van der Waals surface area contributed by atoms with Crippen molar-refractivity contribution in [1.82, 2.24) is 15.3 Å². The second kappa shape index (κ2) is 5.80. The van der Waals surface area contributed by atoms with Crippen LogP contribution in [0.2, 0.25) is 0 Å². The van der Waals surface area contributed by atoms with Crippen LogP contribution in [0.3, 0.4) is 0 Å². The van der Waals surface area contributed by atoms with Crippen LogP contribution in [0.1, 0.15) is 45.1 Å². The van der Waals surface area contributed by atoms with Crippen molar-refractivity contribution in [2.45, 2.75) is 40.2 Å². The predicted octanol–water partition coefficient (Wildman–Crippen LogP) is 1.64. The highest BCUT2D eigenvalue weighted by molar-refractivity contribution is 5.04. The number of aromatic amines is 1. The van der Waals surface area contributed by atoms with Crippen LogP contribution >= 0.6 is 0 Å². The van der Waals surface area contributed by atoms with Crippen LogP contribution in [0.25, 0.3) is 0 Å². The first-order valence-corrected chi connectivity index (χ1v) is 5.80. The standard InChI is InChI=1S/C12H21N3O/c1-8(2)6-13-7-10-5-11(16)15-12(14-10)9(3)4/h5,8-9,13H,6-7H2,1-4H3,(H,14,15,16). The zero-order valence-corrected chi connectivity index (χ0v) is 10.5. The summed E-state index contributed by atoms with van der Waals surface area (Å²) in [6.07, 6.45) is 0. The van der Waals surface area contributed by atoms with Gasteiger partial charge in [0, 0.05) is 18.5 Å². The maximum Gasteiger partial charge on any atom is 0.251 e. The van der Waals surface area contributed by atoms with Gasteiger partial charge in [-0.1, -0.05) is 27.7 Å². The van der Waals surface area contributed by atoms with E-state index in [9.17, 15) is 4.79 Å². The summed E-state index contributed by atoms with van der Waals surface area (Å²) < 4.78 is 0. The number of rotatable bonds is 5. The lowest BCUT2D eigenvalue weighted by Gasteiger charge is -2.09. The van der Waals surface area contributed by atoms with Gasteiger partial charge in [0.05, 0.1) is 5.69 Å². The SMILES string of the molecule is CC(C)CNCc1cc(=O)[nH]c(C(C)C)n1. The Hall–Kier alpha value is -1.16. The number of H-pyrrole nitrogens is 1. The molecule has 0 spiro atoms. The van der Waals surface area contributed by atoms with Crippen molar-refractivity contribution >= 4 is 0 Å². The molecule has 0 aliphatic carbocycles. The molecule has 1 heterocycles. The minimum atomic E-state index is -0.0694. The van der Waals surface area contributed by atoms with Crippen molar-refractivity contribution in [1.29, 1.82) is 0 Å². The summed E-state index contributed by atoms with van der Waals surface area (Å²) in [7, 11) is 0. The van der Waals surface area contributed by atoms with Gasteiger partial charge in [-0.15, -0.1) is 0 Å². The molecule has 1 aromatic heterocycles. The highest BCUT2D eigenvalue weighted by atomic mass is 16.1. The predicted molar refractivity (Wildman–Crippen MR) is 65.5 cm³/mol. The van der Waals surface area contributed by atoms with Crippen LogP contribution in [0.15, 0.2) is 10.9 Å². The van der Waals surface area contributed by atoms with Gasteiger partial charge in [0.2, 0.25) is 0 Å². The molecule has 16 heavy (non-hydrogen) atoms. The molecule has 4 heteroatoms. The molecule has 0 atom stereocenters. The average Bonchev–Trinajstić information content (AvgIpc) is 2.16. The van der Waals surface area contributed by atoms with Crippen molar-refractivity contribution in [2.24, 2.45) is 5.92 Å². The second-order valence-corrected chi connectivity index (χ2v) is 4.80. The van der Waals surface area contributed by atoms with Crippen LogP contribution < -0.4 is 10.9 Å². The number of aromatic nitrogens is 2. The molecule has 2 N–H and O–H groups in total. The molecule has 0 unspecified atom stereocenters. The van der Waals surface area contributed by atoms with E-state index in [-0.39, 0.29) is 11.5 Å². The third-order valence-corrected chi connectivity index (χ3v) is 2.22. The summed E-state index contributed by atoms with van der Waals surface area (Å²) in [4.78, 5) is 18.6. The molecule has 0 aromatic carbocycles. The Kier molecular flexibility index (Phi) is 4.68. The molecule has 0 aliphatic heterocycles. The minimum absolute atomic E-state index is 0.0694. The Morgan fingerprint density at radius 3 is 2.62 bits per heavy atom. The van der Waals surface area contributed by atoms with Crippen LogP contribution in [0, 0.1) is 5.92 Å². The third kappa shape index (κ3) is 4.14. The molecule has 4 nitrogen and oxygen atoms in total. The Bertz CT molecular complexity index is 382. The Balaban J connectivity index is 2.69. The van der Waals surface area contributed by atoms with Crippen molar-refractivity contribution in [3.8, 4) is 0 Å². The van der Waals surface area contributed by atoms with Crippen molar-refractivity contribution in [3.05, 3.63) is 27.9 Å². The Labute approximate surface area is 96.5 Å².